The van der Waals surface area contributed by atoms with Gasteiger partial charge in [0.25, 0.3) is 11.8 Å². The number of anilines is 1. The van der Waals surface area contributed by atoms with E-state index in [9.17, 15) is 9.59 Å². The molecule has 0 spiro atoms. The lowest BCUT2D eigenvalue weighted by Crippen LogP contribution is -2.41. The number of benzene rings is 3. The van der Waals surface area contributed by atoms with Crippen LogP contribution in [0.15, 0.2) is 66.7 Å². The van der Waals surface area contributed by atoms with Crippen LogP contribution in [0.1, 0.15) is 44.7 Å². The lowest BCUT2D eigenvalue weighted by Gasteiger charge is -2.30. The van der Waals surface area contributed by atoms with Gasteiger partial charge in [-0.3, -0.25) is 14.5 Å². The van der Waals surface area contributed by atoms with E-state index < -0.39 is 0 Å². The van der Waals surface area contributed by atoms with Gasteiger partial charge in [-0.2, -0.15) is 0 Å². The predicted molar refractivity (Wildman–Crippen MR) is 175 cm³/mol. The molecule has 2 bridgehead atoms. The van der Waals surface area contributed by atoms with Crippen LogP contribution in [0, 0.1) is 0 Å². The molecule has 0 N–H and O–H groups in total. The second-order valence-corrected chi connectivity index (χ2v) is 12.0. The van der Waals surface area contributed by atoms with E-state index in [2.05, 4.69) is 28.0 Å². The van der Waals surface area contributed by atoms with E-state index in [0.717, 1.165) is 55.3 Å². The number of para-hydroxylation sites is 1. The first-order valence-corrected chi connectivity index (χ1v) is 16.2. The summed E-state index contributed by atoms with van der Waals surface area (Å²) in [6.45, 7) is 8.16. The van der Waals surface area contributed by atoms with Gasteiger partial charge in [-0.25, -0.2) is 0 Å². The SMILES string of the molecule is CN1CCN(C(=O)c2ccccc2OCCN2CCCC2)CCOc2ccc(N3CCOCC3)cc2Cc2cccc(c2)C1=O. The smallest absolute Gasteiger partial charge is 0.257 e. The van der Waals surface area contributed by atoms with Gasteiger partial charge in [-0.15, -0.1) is 0 Å². The van der Waals surface area contributed by atoms with Crippen molar-refractivity contribution in [3.8, 4) is 11.5 Å². The third-order valence-electron chi connectivity index (χ3n) is 8.93. The minimum atomic E-state index is -0.131. The maximum absolute atomic E-state index is 14.0. The Morgan fingerprint density at radius 2 is 1.67 bits per heavy atom. The molecule has 45 heavy (non-hydrogen) atoms. The molecule has 0 saturated carbocycles. The number of carbonyl (C=O) groups excluding carboxylic acids is 2. The molecular weight excluding hydrogens is 568 g/mol. The Labute approximate surface area is 266 Å². The van der Waals surface area contributed by atoms with Gasteiger partial charge in [0.2, 0.25) is 0 Å². The van der Waals surface area contributed by atoms with Crippen LogP contribution in [0.2, 0.25) is 0 Å². The summed E-state index contributed by atoms with van der Waals surface area (Å²) < 4.78 is 18.1. The molecule has 6 rings (SSSR count). The number of likely N-dealkylation sites (tertiary alicyclic amines) is 1. The minimum absolute atomic E-state index is 0.0644. The predicted octanol–water partition coefficient (Wildman–Crippen LogP) is 4.20. The molecule has 0 radical (unpaired) electrons. The summed E-state index contributed by atoms with van der Waals surface area (Å²) in [6, 6.07) is 21.6. The molecule has 3 aliphatic heterocycles. The molecular formula is C36H44N4O5. The number of fused-ring (bicyclic) bond motifs is 3. The maximum Gasteiger partial charge on any atom is 0.257 e. The number of ether oxygens (including phenoxy) is 3. The fraction of sp³-hybridized carbons (Fsp3) is 0.444. The monoisotopic (exact) mass is 612 g/mol. The first-order chi connectivity index (χ1) is 22.0. The van der Waals surface area contributed by atoms with Crippen LogP contribution in [0.25, 0.3) is 0 Å². The van der Waals surface area contributed by atoms with Crippen molar-refractivity contribution in [3.05, 3.63) is 89.0 Å². The fourth-order valence-corrected chi connectivity index (χ4v) is 6.30. The molecule has 238 valence electrons. The first-order valence-electron chi connectivity index (χ1n) is 16.2. The van der Waals surface area contributed by atoms with Gasteiger partial charge in [0.1, 0.15) is 24.7 Å². The Morgan fingerprint density at radius 3 is 2.51 bits per heavy atom. The van der Waals surface area contributed by atoms with E-state index in [1.807, 2.05) is 48.5 Å². The van der Waals surface area contributed by atoms with Crippen molar-refractivity contribution in [2.75, 3.05) is 90.7 Å². The molecule has 0 aliphatic carbocycles. The van der Waals surface area contributed by atoms with E-state index in [1.165, 1.54) is 12.8 Å². The zero-order chi connectivity index (χ0) is 31.0. The lowest BCUT2D eigenvalue weighted by atomic mass is 10.0. The molecule has 3 aliphatic rings. The number of likely N-dealkylation sites (N-methyl/N-ethyl adjacent to an activating group) is 1. The standard InChI is InChI=1S/C36H44N4O5/c1-37-15-16-40(36(42)32-9-2-3-10-34(32)45-23-17-38-13-4-5-14-38)20-24-44-33-12-11-31(39-18-21-43-22-19-39)27-30(33)26-28-7-6-8-29(25-28)35(37)41/h2-3,6-12,25,27H,4-5,13-24,26H2,1H3. The van der Waals surface area contributed by atoms with Crippen LogP contribution in [0.4, 0.5) is 5.69 Å². The maximum atomic E-state index is 14.0. The highest BCUT2D eigenvalue weighted by atomic mass is 16.5. The van der Waals surface area contributed by atoms with Crippen molar-refractivity contribution in [2.45, 2.75) is 19.3 Å². The zero-order valence-corrected chi connectivity index (χ0v) is 26.3. The van der Waals surface area contributed by atoms with Crippen LogP contribution in [-0.2, 0) is 11.2 Å². The van der Waals surface area contributed by atoms with Gasteiger partial charge in [0.15, 0.2) is 0 Å². The van der Waals surface area contributed by atoms with Crippen molar-refractivity contribution < 1.29 is 23.8 Å². The highest BCUT2D eigenvalue weighted by Crippen LogP contribution is 2.29. The van der Waals surface area contributed by atoms with E-state index in [4.69, 9.17) is 14.2 Å². The van der Waals surface area contributed by atoms with E-state index in [1.54, 1.807) is 16.8 Å². The molecule has 3 aromatic rings. The highest BCUT2D eigenvalue weighted by molar-refractivity contribution is 5.97. The Bertz CT molecular complexity index is 1470. The van der Waals surface area contributed by atoms with Crippen LogP contribution < -0.4 is 14.4 Å². The summed E-state index contributed by atoms with van der Waals surface area (Å²) in [4.78, 5) is 35.7. The summed E-state index contributed by atoms with van der Waals surface area (Å²) in [7, 11) is 1.79. The average molecular weight is 613 g/mol. The van der Waals surface area contributed by atoms with Crippen LogP contribution >= 0.6 is 0 Å². The summed E-state index contributed by atoms with van der Waals surface area (Å²) in [5.74, 6) is 1.18. The second-order valence-electron chi connectivity index (χ2n) is 12.0. The molecule has 0 aromatic heterocycles. The first kappa shape index (κ1) is 30.9. The number of carbonyl (C=O) groups is 2. The number of amides is 2. The van der Waals surface area contributed by atoms with Gasteiger partial charge >= 0.3 is 0 Å². The lowest BCUT2D eigenvalue weighted by molar-refractivity contribution is 0.0665. The third kappa shape index (κ3) is 7.78. The van der Waals surface area contributed by atoms with Gasteiger partial charge in [-0.1, -0.05) is 24.3 Å². The minimum Gasteiger partial charge on any atom is -0.491 e. The molecule has 9 heteroatoms. The second kappa shape index (κ2) is 14.8. The molecule has 9 nitrogen and oxygen atoms in total. The molecule has 3 aromatic carbocycles. The Kier molecular flexibility index (Phi) is 10.2. The quantitative estimate of drug-likeness (QED) is 0.413. The molecule has 3 heterocycles. The van der Waals surface area contributed by atoms with Crippen LogP contribution in [0.5, 0.6) is 11.5 Å². The molecule has 2 amide bonds. The zero-order valence-electron chi connectivity index (χ0n) is 26.3. The fourth-order valence-electron chi connectivity index (χ4n) is 6.30. The van der Waals surface area contributed by atoms with E-state index in [-0.39, 0.29) is 11.8 Å². The summed E-state index contributed by atoms with van der Waals surface area (Å²) >= 11 is 0. The van der Waals surface area contributed by atoms with E-state index in [0.29, 0.717) is 69.4 Å². The Morgan fingerprint density at radius 1 is 0.844 bits per heavy atom. The number of rotatable bonds is 6. The molecule has 2 fully saturated rings. The van der Waals surface area contributed by atoms with Crippen molar-refractivity contribution in [1.82, 2.24) is 14.7 Å². The van der Waals surface area contributed by atoms with Crippen molar-refractivity contribution in [3.63, 3.8) is 0 Å². The largest absolute Gasteiger partial charge is 0.491 e. The molecule has 2 saturated heterocycles. The normalized spacial score (nSPS) is 18.2. The van der Waals surface area contributed by atoms with Crippen molar-refractivity contribution in [1.29, 1.82) is 0 Å². The van der Waals surface area contributed by atoms with Gasteiger partial charge in [-0.05, 0) is 74.0 Å². The number of hydrogen-bond donors (Lipinski definition) is 0. The van der Waals surface area contributed by atoms with Crippen LogP contribution in [0.3, 0.4) is 0 Å². The Balaban J connectivity index is 1.24. The highest BCUT2D eigenvalue weighted by Gasteiger charge is 2.23. The van der Waals surface area contributed by atoms with Gasteiger partial charge in [0.05, 0.1) is 25.3 Å². The van der Waals surface area contributed by atoms with E-state index >= 15 is 0 Å². The molecule has 0 unspecified atom stereocenters. The average Bonchev–Trinajstić information content (AvgIpc) is 3.60. The van der Waals surface area contributed by atoms with Crippen molar-refractivity contribution in [2.24, 2.45) is 0 Å². The third-order valence-corrected chi connectivity index (χ3v) is 8.93. The number of hydrogen-bond acceptors (Lipinski definition) is 7. The summed E-state index contributed by atoms with van der Waals surface area (Å²) in [6.07, 6.45) is 3.09. The summed E-state index contributed by atoms with van der Waals surface area (Å²) in [5.41, 5.74) is 4.38. The van der Waals surface area contributed by atoms with Gasteiger partial charge < -0.3 is 28.9 Å². The topological polar surface area (TPSA) is 74.8 Å². The number of nitrogens with zero attached hydrogens (tertiary/aromatic N) is 4. The Hall–Kier alpha value is -4.08. The number of morpholine rings is 1. The summed E-state index contributed by atoms with van der Waals surface area (Å²) in [5, 5.41) is 0. The van der Waals surface area contributed by atoms with Crippen LogP contribution in [-0.4, -0.2) is 112 Å². The molecule has 0 atom stereocenters. The van der Waals surface area contributed by atoms with Gasteiger partial charge in [0, 0.05) is 63.0 Å². The van der Waals surface area contributed by atoms with Crippen molar-refractivity contribution >= 4 is 17.5 Å².